The number of aromatic nitrogens is 4. The van der Waals surface area contributed by atoms with Crippen LogP contribution in [0.4, 0.5) is 10.2 Å². The Bertz CT molecular complexity index is 988. The number of hydrogen-bond acceptors (Lipinski definition) is 6. The van der Waals surface area contributed by atoms with Gasteiger partial charge in [-0.05, 0) is 30.7 Å². The van der Waals surface area contributed by atoms with Gasteiger partial charge in [-0.2, -0.15) is 10.1 Å². The average molecular weight is 390 g/mol. The molecule has 0 saturated carbocycles. The topological polar surface area (TPSA) is 76.3 Å². The molecule has 27 heavy (non-hydrogen) atoms. The molecule has 0 spiro atoms. The minimum atomic E-state index is -0.490. The van der Waals surface area contributed by atoms with Crippen molar-refractivity contribution in [2.75, 3.05) is 31.2 Å². The molecule has 1 aliphatic rings. The number of halogens is 2. The van der Waals surface area contributed by atoms with Crippen molar-refractivity contribution < 1.29 is 14.2 Å². The van der Waals surface area contributed by atoms with Crippen LogP contribution >= 0.6 is 11.6 Å². The second-order valence-corrected chi connectivity index (χ2v) is 6.64. The number of anilines is 1. The molecule has 1 aromatic carbocycles. The van der Waals surface area contributed by atoms with E-state index in [1.54, 1.807) is 24.4 Å². The normalized spacial score (nSPS) is 14.6. The largest absolute Gasteiger partial charge is 0.506 e. The first kappa shape index (κ1) is 17.7. The number of nitrogens with zero attached hydrogens (tertiary/aromatic N) is 5. The Kier molecular flexibility index (Phi) is 4.67. The summed E-state index contributed by atoms with van der Waals surface area (Å²) in [6.07, 6.45) is 2.79. The van der Waals surface area contributed by atoms with Gasteiger partial charge < -0.3 is 14.7 Å². The Morgan fingerprint density at radius 2 is 2.04 bits per heavy atom. The van der Waals surface area contributed by atoms with E-state index in [0.29, 0.717) is 37.6 Å². The van der Waals surface area contributed by atoms with E-state index in [2.05, 4.69) is 15.1 Å². The highest BCUT2D eigenvalue weighted by Crippen LogP contribution is 2.35. The highest BCUT2D eigenvalue weighted by molar-refractivity contribution is 6.32. The summed E-state index contributed by atoms with van der Waals surface area (Å²) in [5.74, 6) is -0.0677. The third kappa shape index (κ3) is 3.45. The lowest BCUT2D eigenvalue weighted by atomic mass is 10.1. The first-order valence-electron chi connectivity index (χ1n) is 8.43. The van der Waals surface area contributed by atoms with Gasteiger partial charge in [0.2, 0.25) is 0 Å². The van der Waals surface area contributed by atoms with Crippen LogP contribution < -0.4 is 4.90 Å². The Morgan fingerprint density at radius 3 is 2.81 bits per heavy atom. The summed E-state index contributed by atoms with van der Waals surface area (Å²) in [5, 5.41) is 14.9. The first-order valence-corrected chi connectivity index (χ1v) is 8.81. The Balaban J connectivity index is 1.70. The maximum atomic E-state index is 14.2. The van der Waals surface area contributed by atoms with Gasteiger partial charge in [0, 0.05) is 24.8 Å². The molecule has 0 unspecified atom stereocenters. The Labute approximate surface area is 160 Å². The summed E-state index contributed by atoms with van der Waals surface area (Å²) in [6.45, 7) is 4.06. The number of benzene rings is 1. The zero-order valence-corrected chi connectivity index (χ0v) is 15.3. The van der Waals surface area contributed by atoms with Crippen molar-refractivity contribution in [1.29, 1.82) is 0 Å². The van der Waals surface area contributed by atoms with E-state index in [0.717, 1.165) is 11.8 Å². The second kappa shape index (κ2) is 7.13. The van der Waals surface area contributed by atoms with Crippen LogP contribution in [0, 0.1) is 12.7 Å². The van der Waals surface area contributed by atoms with Crippen LogP contribution in [0.3, 0.4) is 0 Å². The average Bonchev–Trinajstić information content (AvgIpc) is 3.15. The number of ether oxygens (including phenoxy) is 1. The Morgan fingerprint density at radius 1 is 1.26 bits per heavy atom. The molecule has 0 atom stereocenters. The molecule has 1 N–H and O–H groups in total. The van der Waals surface area contributed by atoms with Crippen LogP contribution in [0.25, 0.3) is 17.2 Å². The van der Waals surface area contributed by atoms with Crippen molar-refractivity contribution in [1.82, 2.24) is 19.7 Å². The van der Waals surface area contributed by atoms with E-state index in [9.17, 15) is 9.50 Å². The summed E-state index contributed by atoms with van der Waals surface area (Å²) in [4.78, 5) is 10.2. The molecule has 7 nitrogen and oxygen atoms in total. The lowest BCUT2D eigenvalue weighted by molar-refractivity contribution is 0.122. The third-order valence-corrected chi connectivity index (χ3v) is 4.59. The standard InChI is InChI=1S/C18H17ClFN5O2/c1-11-8-12(16(26)13(19)9-11)15-2-3-25(23-15)18-21-10-14(20)17(22-18)24-4-6-27-7-5-24/h2-3,8-10,26H,4-7H2,1H3. The predicted molar refractivity (Wildman–Crippen MR) is 99.0 cm³/mol. The molecule has 0 amide bonds. The van der Waals surface area contributed by atoms with Crippen LogP contribution in [0.2, 0.25) is 5.02 Å². The SMILES string of the molecule is Cc1cc(Cl)c(O)c(-c2ccn(-c3ncc(F)c(N4CCOCC4)n3)n2)c1. The molecule has 0 radical (unpaired) electrons. The van der Waals surface area contributed by atoms with Crippen LogP contribution in [0.5, 0.6) is 5.75 Å². The van der Waals surface area contributed by atoms with Crippen molar-refractivity contribution >= 4 is 17.4 Å². The molecule has 3 heterocycles. The lowest BCUT2D eigenvalue weighted by Gasteiger charge is -2.27. The fraction of sp³-hybridized carbons (Fsp3) is 0.278. The molecule has 1 aliphatic heterocycles. The molecule has 1 fully saturated rings. The van der Waals surface area contributed by atoms with Gasteiger partial charge in [0.05, 0.1) is 30.1 Å². The number of rotatable bonds is 3. The second-order valence-electron chi connectivity index (χ2n) is 6.23. The van der Waals surface area contributed by atoms with Crippen LogP contribution in [0.15, 0.2) is 30.6 Å². The zero-order valence-electron chi connectivity index (χ0n) is 14.6. The van der Waals surface area contributed by atoms with Crippen molar-refractivity contribution in [2.24, 2.45) is 0 Å². The molecule has 9 heteroatoms. The zero-order chi connectivity index (χ0) is 19.0. The highest BCUT2D eigenvalue weighted by Gasteiger charge is 2.19. The number of hydrogen-bond donors (Lipinski definition) is 1. The van der Waals surface area contributed by atoms with Gasteiger partial charge in [0.1, 0.15) is 5.75 Å². The Hall–Kier alpha value is -2.71. The fourth-order valence-electron chi connectivity index (χ4n) is 2.97. The quantitative estimate of drug-likeness (QED) is 0.742. The summed E-state index contributed by atoms with van der Waals surface area (Å²) < 4.78 is 20.9. The van der Waals surface area contributed by atoms with Gasteiger partial charge in [-0.3, -0.25) is 0 Å². The van der Waals surface area contributed by atoms with Crippen LogP contribution in [-0.2, 0) is 4.74 Å². The van der Waals surface area contributed by atoms with Gasteiger partial charge in [-0.25, -0.2) is 14.1 Å². The number of phenolic OH excluding ortho intramolecular Hbond substituents is 1. The van der Waals surface area contributed by atoms with Crippen LogP contribution in [-0.4, -0.2) is 51.2 Å². The highest BCUT2D eigenvalue weighted by atomic mass is 35.5. The molecule has 0 aliphatic carbocycles. The number of aromatic hydroxyl groups is 1. The van der Waals surface area contributed by atoms with E-state index < -0.39 is 5.82 Å². The van der Waals surface area contributed by atoms with E-state index in [1.165, 1.54) is 4.68 Å². The summed E-state index contributed by atoms with van der Waals surface area (Å²) >= 11 is 6.05. The molecular formula is C18H17ClFN5O2. The number of aryl methyl sites for hydroxylation is 1. The van der Waals surface area contributed by atoms with E-state index in [1.807, 2.05) is 11.8 Å². The van der Waals surface area contributed by atoms with Gasteiger partial charge in [-0.15, -0.1) is 0 Å². The van der Waals surface area contributed by atoms with E-state index in [-0.39, 0.29) is 22.5 Å². The molecule has 2 aromatic heterocycles. The van der Waals surface area contributed by atoms with Gasteiger partial charge in [0.15, 0.2) is 11.6 Å². The van der Waals surface area contributed by atoms with Crippen molar-refractivity contribution in [3.63, 3.8) is 0 Å². The van der Waals surface area contributed by atoms with Crippen LogP contribution in [0.1, 0.15) is 5.56 Å². The van der Waals surface area contributed by atoms with Gasteiger partial charge in [-0.1, -0.05) is 11.6 Å². The minimum absolute atomic E-state index is 0.0402. The smallest absolute Gasteiger partial charge is 0.252 e. The molecule has 1 saturated heterocycles. The van der Waals surface area contributed by atoms with Crippen molar-refractivity contribution in [2.45, 2.75) is 6.92 Å². The monoisotopic (exact) mass is 389 g/mol. The summed E-state index contributed by atoms with van der Waals surface area (Å²) in [5.41, 5.74) is 1.92. The number of morpholine rings is 1. The molecular weight excluding hydrogens is 373 g/mol. The fourth-order valence-corrected chi connectivity index (χ4v) is 3.24. The minimum Gasteiger partial charge on any atom is -0.506 e. The lowest BCUT2D eigenvalue weighted by Crippen LogP contribution is -2.37. The summed E-state index contributed by atoms with van der Waals surface area (Å²) in [6, 6.07) is 5.18. The molecule has 140 valence electrons. The van der Waals surface area contributed by atoms with E-state index >= 15 is 0 Å². The van der Waals surface area contributed by atoms with Crippen molar-refractivity contribution in [3.8, 4) is 23.0 Å². The van der Waals surface area contributed by atoms with Gasteiger partial charge >= 0.3 is 0 Å². The van der Waals surface area contributed by atoms with E-state index in [4.69, 9.17) is 16.3 Å². The molecule has 3 aromatic rings. The van der Waals surface area contributed by atoms with Gasteiger partial charge in [0.25, 0.3) is 5.95 Å². The molecule has 4 rings (SSSR count). The van der Waals surface area contributed by atoms with Crippen molar-refractivity contribution in [3.05, 3.63) is 47.0 Å². The first-order chi connectivity index (χ1) is 13.0. The maximum absolute atomic E-state index is 14.2. The third-order valence-electron chi connectivity index (χ3n) is 4.30. The maximum Gasteiger partial charge on any atom is 0.252 e. The summed E-state index contributed by atoms with van der Waals surface area (Å²) in [7, 11) is 0. The predicted octanol–water partition coefficient (Wildman–Crippen LogP) is 2.97. The molecule has 0 bridgehead atoms. The number of phenols is 1.